The zero-order valence-corrected chi connectivity index (χ0v) is 14.7. The van der Waals surface area contributed by atoms with Crippen molar-refractivity contribution in [2.45, 2.75) is 39.8 Å². The maximum absolute atomic E-state index is 12.0. The molecule has 0 saturated carbocycles. The predicted molar refractivity (Wildman–Crippen MR) is 87.6 cm³/mol. The van der Waals surface area contributed by atoms with Crippen molar-refractivity contribution < 1.29 is 24.3 Å². The van der Waals surface area contributed by atoms with E-state index in [4.69, 9.17) is 5.11 Å². The van der Waals surface area contributed by atoms with Crippen molar-refractivity contribution >= 4 is 45.2 Å². The lowest BCUT2D eigenvalue weighted by molar-refractivity contribution is -0.140. The highest BCUT2D eigenvalue weighted by molar-refractivity contribution is 8.76. The van der Waals surface area contributed by atoms with Crippen LogP contribution in [0.15, 0.2) is 0 Å². The first kappa shape index (κ1) is 20.8. The second-order valence-electron chi connectivity index (χ2n) is 4.97. The third kappa shape index (κ3) is 8.93. The van der Waals surface area contributed by atoms with Crippen LogP contribution in [0.25, 0.3) is 0 Å². The average Bonchev–Trinajstić information content (AvgIpc) is 2.38. The monoisotopic (exact) mass is 350 g/mol. The highest BCUT2D eigenvalue weighted by Crippen LogP contribution is 2.24. The number of aliphatic carboxylic acids is 1. The Balaban J connectivity index is 4.37. The standard InChI is InChI=1S/C13H22N2O5S2/c1-7(2)12(18)10(14-8(3)16)5-21-22-6-11(13(19)20)15-9(4)17/h7,10-11H,5-6H2,1-4H3,(H,14,16)(H,15,17)(H,19,20). The summed E-state index contributed by atoms with van der Waals surface area (Å²) in [5.41, 5.74) is 0. The first-order valence-corrected chi connectivity index (χ1v) is 9.19. The molecule has 3 N–H and O–H groups in total. The molecule has 2 unspecified atom stereocenters. The topological polar surface area (TPSA) is 113 Å². The Morgan fingerprint density at radius 3 is 1.68 bits per heavy atom. The molecule has 2 amide bonds. The average molecular weight is 350 g/mol. The summed E-state index contributed by atoms with van der Waals surface area (Å²) >= 11 is 0. The minimum absolute atomic E-state index is 0.0695. The van der Waals surface area contributed by atoms with Gasteiger partial charge in [0.25, 0.3) is 0 Å². The Bertz CT molecular complexity index is 429. The van der Waals surface area contributed by atoms with Gasteiger partial charge in [0, 0.05) is 31.3 Å². The quantitative estimate of drug-likeness (QED) is 0.392. The molecule has 0 aliphatic rings. The van der Waals surface area contributed by atoms with Crippen LogP contribution in [0.2, 0.25) is 0 Å². The Morgan fingerprint density at radius 1 is 0.909 bits per heavy atom. The van der Waals surface area contributed by atoms with Gasteiger partial charge in [-0.1, -0.05) is 35.4 Å². The molecule has 0 aromatic carbocycles. The van der Waals surface area contributed by atoms with Crippen LogP contribution in [0.4, 0.5) is 0 Å². The van der Waals surface area contributed by atoms with Gasteiger partial charge in [0.1, 0.15) is 6.04 Å². The SMILES string of the molecule is CC(=O)NC(CSSCC(NC(C)=O)C(=O)C(C)C)C(=O)O. The number of amides is 2. The summed E-state index contributed by atoms with van der Waals surface area (Å²) < 4.78 is 0. The highest BCUT2D eigenvalue weighted by atomic mass is 33.1. The second kappa shape index (κ2) is 10.5. The fourth-order valence-electron chi connectivity index (χ4n) is 1.50. The second-order valence-corrected chi connectivity index (χ2v) is 7.52. The molecule has 0 aromatic heterocycles. The van der Waals surface area contributed by atoms with E-state index in [-0.39, 0.29) is 23.4 Å². The van der Waals surface area contributed by atoms with Crippen LogP contribution in [0.5, 0.6) is 0 Å². The van der Waals surface area contributed by atoms with Gasteiger partial charge in [-0.15, -0.1) is 0 Å². The van der Waals surface area contributed by atoms with E-state index in [9.17, 15) is 19.2 Å². The van der Waals surface area contributed by atoms with Crippen molar-refractivity contribution in [1.29, 1.82) is 0 Å². The normalized spacial score (nSPS) is 13.3. The van der Waals surface area contributed by atoms with Crippen LogP contribution in [0.3, 0.4) is 0 Å². The van der Waals surface area contributed by atoms with Crippen molar-refractivity contribution in [3.8, 4) is 0 Å². The molecule has 0 spiro atoms. The molecule has 2 atom stereocenters. The van der Waals surface area contributed by atoms with E-state index in [2.05, 4.69) is 10.6 Å². The Hall–Kier alpha value is -1.22. The lowest BCUT2D eigenvalue weighted by Crippen LogP contribution is -2.43. The van der Waals surface area contributed by atoms with Crippen LogP contribution < -0.4 is 10.6 Å². The number of carbonyl (C=O) groups is 4. The van der Waals surface area contributed by atoms with E-state index in [1.807, 2.05) is 0 Å². The van der Waals surface area contributed by atoms with Gasteiger partial charge in [-0.2, -0.15) is 0 Å². The summed E-state index contributed by atoms with van der Waals surface area (Å²) in [4.78, 5) is 45.0. The molecule has 0 aliphatic carbocycles. The fraction of sp³-hybridized carbons (Fsp3) is 0.692. The van der Waals surface area contributed by atoms with Crippen molar-refractivity contribution in [3.63, 3.8) is 0 Å². The van der Waals surface area contributed by atoms with Crippen molar-refractivity contribution in [1.82, 2.24) is 10.6 Å². The van der Waals surface area contributed by atoms with Gasteiger partial charge in [0.2, 0.25) is 11.8 Å². The van der Waals surface area contributed by atoms with E-state index in [0.717, 1.165) is 0 Å². The molecule has 0 aromatic rings. The van der Waals surface area contributed by atoms with Crippen LogP contribution in [0.1, 0.15) is 27.7 Å². The summed E-state index contributed by atoms with van der Waals surface area (Å²) in [6.07, 6.45) is 0. The van der Waals surface area contributed by atoms with Crippen LogP contribution in [-0.2, 0) is 19.2 Å². The number of rotatable bonds is 10. The smallest absolute Gasteiger partial charge is 0.327 e. The molecular formula is C13H22N2O5S2. The summed E-state index contributed by atoms with van der Waals surface area (Å²) in [7, 11) is 2.52. The predicted octanol–water partition coefficient (Wildman–Crippen LogP) is 0.687. The minimum Gasteiger partial charge on any atom is -0.480 e. The minimum atomic E-state index is -1.11. The molecule has 0 radical (unpaired) electrons. The van der Waals surface area contributed by atoms with Crippen molar-refractivity contribution in [2.24, 2.45) is 5.92 Å². The number of nitrogens with one attached hydrogen (secondary N) is 2. The third-order valence-corrected chi connectivity index (χ3v) is 4.94. The van der Waals surface area contributed by atoms with Crippen molar-refractivity contribution in [3.05, 3.63) is 0 Å². The summed E-state index contributed by atoms with van der Waals surface area (Å²) in [5, 5.41) is 13.9. The molecule has 22 heavy (non-hydrogen) atoms. The van der Waals surface area contributed by atoms with E-state index < -0.39 is 24.0 Å². The fourth-order valence-corrected chi connectivity index (χ4v) is 3.83. The number of Topliss-reactive ketones (excluding diaryl/α,β-unsaturated/α-hetero) is 1. The number of hydrogen-bond donors (Lipinski definition) is 3. The van der Waals surface area contributed by atoms with Gasteiger partial charge in [-0.05, 0) is 0 Å². The molecular weight excluding hydrogens is 328 g/mol. The van der Waals surface area contributed by atoms with E-state index >= 15 is 0 Å². The Morgan fingerprint density at radius 2 is 1.32 bits per heavy atom. The van der Waals surface area contributed by atoms with E-state index in [0.29, 0.717) is 5.75 Å². The summed E-state index contributed by atoms with van der Waals surface area (Å²) in [6, 6.07) is -1.57. The van der Waals surface area contributed by atoms with Crippen LogP contribution >= 0.6 is 21.6 Å². The van der Waals surface area contributed by atoms with Crippen LogP contribution in [0, 0.1) is 5.92 Å². The van der Waals surface area contributed by atoms with E-state index in [1.165, 1.54) is 35.4 Å². The number of hydrogen-bond acceptors (Lipinski definition) is 6. The number of carbonyl (C=O) groups excluding carboxylic acids is 3. The van der Waals surface area contributed by atoms with Gasteiger partial charge in [-0.25, -0.2) is 4.79 Å². The molecule has 126 valence electrons. The molecule has 0 heterocycles. The van der Waals surface area contributed by atoms with Gasteiger partial charge in [0.05, 0.1) is 6.04 Å². The molecule has 0 saturated heterocycles. The number of carboxylic acids is 1. The molecule has 0 bridgehead atoms. The summed E-state index contributed by atoms with van der Waals surface area (Å²) in [6.45, 7) is 6.11. The van der Waals surface area contributed by atoms with Gasteiger partial charge in [-0.3, -0.25) is 14.4 Å². The van der Waals surface area contributed by atoms with Crippen LogP contribution in [-0.4, -0.2) is 52.3 Å². The molecule has 0 fully saturated rings. The first-order chi connectivity index (χ1) is 10.1. The zero-order chi connectivity index (χ0) is 17.3. The maximum atomic E-state index is 12.0. The Kier molecular flexibility index (Phi) is 9.91. The zero-order valence-electron chi connectivity index (χ0n) is 13.0. The van der Waals surface area contributed by atoms with Gasteiger partial charge >= 0.3 is 5.97 Å². The van der Waals surface area contributed by atoms with E-state index in [1.54, 1.807) is 13.8 Å². The third-order valence-electron chi connectivity index (χ3n) is 2.52. The molecule has 0 rings (SSSR count). The molecule has 9 heteroatoms. The Labute approximate surface area is 137 Å². The lowest BCUT2D eigenvalue weighted by Gasteiger charge is -2.18. The highest BCUT2D eigenvalue weighted by Gasteiger charge is 2.23. The van der Waals surface area contributed by atoms with Gasteiger partial charge in [0.15, 0.2) is 5.78 Å². The van der Waals surface area contributed by atoms with Gasteiger partial charge < -0.3 is 15.7 Å². The first-order valence-electron chi connectivity index (χ1n) is 6.70. The lowest BCUT2D eigenvalue weighted by atomic mass is 10.0. The molecule has 7 nitrogen and oxygen atoms in total. The largest absolute Gasteiger partial charge is 0.480 e. The maximum Gasteiger partial charge on any atom is 0.327 e. The van der Waals surface area contributed by atoms with Crippen molar-refractivity contribution in [2.75, 3.05) is 11.5 Å². The molecule has 0 aliphatic heterocycles. The number of carboxylic acid groups (broad SMARTS) is 1. The summed E-state index contributed by atoms with van der Waals surface area (Å²) in [5.74, 6) is -1.57. The number of ketones is 1.